The summed E-state index contributed by atoms with van der Waals surface area (Å²) in [6, 6.07) is 10.1. The molecule has 8 heteroatoms. The van der Waals surface area contributed by atoms with Gasteiger partial charge in [0.1, 0.15) is 0 Å². The molecule has 0 bridgehead atoms. The minimum atomic E-state index is -1.06. The van der Waals surface area contributed by atoms with Gasteiger partial charge in [-0.15, -0.1) is 0 Å². The Bertz CT molecular complexity index is 1000. The van der Waals surface area contributed by atoms with Crippen molar-refractivity contribution in [2.75, 3.05) is 37.6 Å². The number of hydrogen-bond acceptors (Lipinski definition) is 3. The second-order valence-electron chi connectivity index (χ2n) is 7.76. The maximum atomic E-state index is 13.4. The number of hydrogen-bond donors (Lipinski definition) is 0. The van der Waals surface area contributed by atoms with Crippen molar-refractivity contribution in [3.8, 4) is 0 Å². The number of amides is 3. The van der Waals surface area contributed by atoms with E-state index in [0.717, 1.165) is 30.7 Å². The molecule has 2 saturated heterocycles. The Morgan fingerprint density at radius 2 is 1.29 bits per heavy atom. The fraction of sp³-hybridized carbons (Fsp3) is 0.348. The summed E-state index contributed by atoms with van der Waals surface area (Å²) in [5.74, 6) is -2.48. The van der Waals surface area contributed by atoms with E-state index in [1.807, 2.05) is 0 Å². The number of halogens is 2. The second-order valence-corrected chi connectivity index (χ2v) is 7.76. The summed E-state index contributed by atoms with van der Waals surface area (Å²) < 4.78 is 26.5. The molecular formula is C23H23F2N3O3. The van der Waals surface area contributed by atoms with E-state index >= 15 is 0 Å². The predicted molar refractivity (Wildman–Crippen MR) is 111 cm³/mol. The topological polar surface area (TPSA) is 60.9 Å². The molecule has 0 saturated carbocycles. The normalized spacial score (nSPS) is 17.1. The third kappa shape index (κ3) is 4.42. The average molecular weight is 427 g/mol. The van der Waals surface area contributed by atoms with E-state index in [2.05, 4.69) is 0 Å². The Balaban J connectivity index is 1.36. The smallest absolute Gasteiger partial charge is 0.254 e. The molecule has 4 rings (SSSR count). The van der Waals surface area contributed by atoms with Crippen molar-refractivity contribution in [3.05, 3.63) is 65.2 Å². The summed E-state index contributed by atoms with van der Waals surface area (Å²) in [5, 5.41) is 0. The van der Waals surface area contributed by atoms with Gasteiger partial charge in [-0.1, -0.05) is 0 Å². The summed E-state index contributed by atoms with van der Waals surface area (Å²) in [6.07, 6.45) is 2.44. The highest BCUT2D eigenvalue weighted by Crippen LogP contribution is 2.22. The molecular weight excluding hydrogens is 404 g/mol. The average Bonchev–Trinajstić information content (AvgIpc) is 2.80. The molecule has 3 amide bonds. The van der Waals surface area contributed by atoms with Crippen molar-refractivity contribution in [3.63, 3.8) is 0 Å². The van der Waals surface area contributed by atoms with Crippen molar-refractivity contribution < 1.29 is 23.2 Å². The Hall–Kier alpha value is -3.29. The van der Waals surface area contributed by atoms with Gasteiger partial charge >= 0.3 is 0 Å². The number of benzene rings is 2. The lowest BCUT2D eigenvalue weighted by atomic mass is 10.1. The van der Waals surface area contributed by atoms with E-state index in [-0.39, 0.29) is 23.3 Å². The summed E-state index contributed by atoms with van der Waals surface area (Å²) >= 11 is 0. The number of piperidine rings is 1. The highest BCUT2D eigenvalue weighted by atomic mass is 19.2. The van der Waals surface area contributed by atoms with E-state index in [9.17, 15) is 23.2 Å². The van der Waals surface area contributed by atoms with Crippen molar-refractivity contribution in [1.82, 2.24) is 9.80 Å². The SMILES string of the molecule is O=C(c1ccc(N2CCCCC2=O)cc1)N1CCN(C(=O)c2ccc(F)c(F)c2)CC1. The molecule has 0 spiro atoms. The van der Waals surface area contributed by atoms with Crippen LogP contribution >= 0.6 is 0 Å². The van der Waals surface area contributed by atoms with Gasteiger partial charge in [0.2, 0.25) is 5.91 Å². The Morgan fingerprint density at radius 3 is 1.87 bits per heavy atom. The van der Waals surface area contributed by atoms with Crippen LogP contribution in [0.4, 0.5) is 14.5 Å². The summed E-state index contributed by atoms with van der Waals surface area (Å²) in [5.41, 5.74) is 1.40. The van der Waals surface area contributed by atoms with Crippen LogP contribution < -0.4 is 4.90 Å². The molecule has 6 nitrogen and oxygen atoms in total. The van der Waals surface area contributed by atoms with Gasteiger partial charge in [-0.05, 0) is 55.3 Å². The lowest BCUT2D eigenvalue weighted by Crippen LogP contribution is -2.50. The van der Waals surface area contributed by atoms with Crippen LogP contribution in [0.5, 0.6) is 0 Å². The van der Waals surface area contributed by atoms with E-state index in [1.54, 1.807) is 34.1 Å². The van der Waals surface area contributed by atoms with Crippen LogP contribution in [-0.2, 0) is 4.79 Å². The molecule has 0 atom stereocenters. The molecule has 0 aromatic heterocycles. The fourth-order valence-electron chi connectivity index (χ4n) is 3.97. The van der Waals surface area contributed by atoms with Crippen LogP contribution in [0.25, 0.3) is 0 Å². The lowest BCUT2D eigenvalue weighted by molar-refractivity contribution is -0.119. The van der Waals surface area contributed by atoms with Crippen LogP contribution in [0.15, 0.2) is 42.5 Å². The van der Waals surface area contributed by atoms with Crippen LogP contribution in [0.2, 0.25) is 0 Å². The molecule has 2 aromatic carbocycles. The van der Waals surface area contributed by atoms with Crippen LogP contribution in [0.3, 0.4) is 0 Å². The van der Waals surface area contributed by atoms with Gasteiger partial charge in [0.05, 0.1) is 0 Å². The molecule has 2 aliphatic rings. The summed E-state index contributed by atoms with van der Waals surface area (Å²) in [4.78, 5) is 42.4. The van der Waals surface area contributed by atoms with Gasteiger partial charge in [0.25, 0.3) is 11.8 Å². The zero-order chi connectivity index (χ0) is 22.0. The summed E-state index contributed by atoms with van der Waals surface area (Å²) in [7, 11) is 0. The first kappa shape index (κ1) is 21.0. The number of anilines is 1. The van der Waals surface area contributed by atoms with Gasteiger partial charge in [0.15, 0.2) is 11.6 Å². The number of piperazine rings is 1. The zero-order valence-electron chi connectivity index (χ0n) is 17.0. The molecule has 2 aliphatic heterocycles. The summed E-state index contributed by atoms with van der Waals surface area (Å²) in [6.45, 7) is 2.01. The van der Waals surface area contributed by atoms with Gasteiger partial charge in [-0.3, -0.25) is 14.4 Å². The number of carbonyl (C=O) groups is 3. The molecule has 162 valence electrons. The van der Waals surface area contributed by atoms with Crippen LogP contribution in [0.1, 0.15) is 40.0 Å². The highest BCUT2D eigenvalue weighted by Gasteiger charge is 2.26. The van der Waals surface area contributed by atoms with Crippen molar-refractivity contribution in [1.29, 1.82) is 0 Å². The third-order valence-electron chi connectivity index (χ3n) is 5.77. The molecule has 2 fully saturated rings. The first-order chi connectivity index (χ1) is 14.9. The Labute approximate surface area is 179 Å². The van der Waals surface area contributed by atoms with Gasteiger partial charge < -0.3 is 14.7 Å². The monoisotopic (exact) mass is 427 g/mol. The zero-order valence-corrected chi connectivity index (χ0v) is 17.0. The van der Waals surface area contributed by atoms with Crippen LogP contribution in [0, 0.1) is 11.6 Å². The van der Waals surface area contributed by atoms with E-state index in [4.69, 9.17) is 0 Å². The van der Waals surface area contributed by atoms with E-state index in [1.165, 1.54) is 11.0 Å². The second kappa shape index (κ2) is 8.83. The van der Waals surface area contributed by atoms with Gasteiger partial charge in [0, 0.05) is 56.0 Å². The third-order valence-corrected chi connectivity index (χ3v) is 5.77. The Kier molecular flexibility index (Phi) is 5.97. The van der Waals surface area contributed by atoms with E-state index in [0.29, 0.717) is 44.7 Å². The van der Waals surface area contributed by atoms with Gasteiger partial charge in [-0.2, -0.15) is 0 Å². The lowest BCUT2D eigenvalue weighted by Gasteiger charge is -2.35. The predicted octanol–water partition coefficient (Wildman–Crippen LogP) is 3.08. The minimum Gasteiger partial charge on any atom is -0.335 e. The maximum absolute atomic E-state index is 13.4. The minimum absolute atomic E-state index is 0.0847. The molecule has 2 heterocycles. The standard InChI is InChI=1S/C23H23F2N3O3/c24-19-9-6-17(15-20(19)25)23(31)27-13-11-26(12-14-27)22(30)16-4-7-18(8-5-16)28-10-2-1-3-21(28)29/h4-9,15H,1-3,10-14H2. The Morgan fingerprint density at radius 1 is 0.710 bits per heavy atom. The molecule has 2 aromatic rings. The molecule has 0 unspecified atom stereocenters. The first-order valence-electron chi connectivity index (χ1n) is 10.4. The van der Waals surface area contributed by atoms with Crippen molar-refractivity contribution in [2.45, 2.75) is 19.3 Å². The molecule has 0 N–H and O–H groups in total. The molecule has 0 radical (unpaired) electrons. The quantitative estimate of drug-likeness (QED) is 0.757. The highest BCUT2D eigenvalue weighted by molar-refractivity contribution is 5.97. The number of nitrogens with zero attached hydrogens (tertiary/aromatic N) is 3. The van der Waals surface area contributed by atoms with Gasteiger partial charge in [-0.25, -0.2) is 8.78 Å². The number of carbonyl (C=O) groups excluding carboxylic acids is 3. The van der Waals surface area contributed by atoms with Crippen molar-refractivity contribution in [2.24, 2.45) is 0 Å². The largest absolute Gasteiger partial charge is 0.335 e. The van der Waals surface area contributed by atoms with Crippen LogP contribution in [-0.4, -0.2) is 60.2 Å². The fourth-order valence-corrected chi connectivity index (χ4v) is 3.97. The first-order valence-corrected chi connectivity index (χ1v) is 10.4. The van der Waals surface area contributed by atoms with E-state index < -0.39 is 11.6 Å². The number of rotatable bonds is 3. The maximum Gasteiger partial charge on any atom is 0.254 e. The molecule has 31 heavy (non-hydrogen) atoms. The molecule has 0 aliphatic carbocycles. The van der Waals surface area contributed by atoms with Crippen molar-refractivity contribution >= 4 is 23.4 Å².